The molecule has 3 heterocycles. The number of aryl methyl sites for hydroxylation is 2. The predicted molar refractivity (Wildman–Crippen MR) is 92.6 cm³/mol. The average Bonchev–Trinajstić information content (AvgIpc) is 3.13. The topological polar surface area (TPSA) is 88.4 Å². The van der Waals surface area contributed by atoms with Crippen molar-refractivity contribution in [2.75, 3.05) is 18.4 Å². The van der Waals surface area contributed by atoms with E-state index in [-0.39, 0.29) is 17.6 Å². The van der Waals surface area contributed by atoms with Gasteiger partial charge < -0.3 is 10.2 Å². The SMILES string of the molecule is Cc1cc(C(=O)N2CCC(Nc3ccc([N+](=O)[O-])cn3)C2)c(C)s1. The van der Waals surface area contributed by atoms with Gasteiger partial charge >= 0.3 is 0 Å². The Morgan fingerprint density at radius 2 is 2.25 bits per heavy atom. The monoisotopic (exact) mass is 346 g/mol. The van der Waals surface area contributed by atoms with Gasteiger partial charge in [-0.1, -0.05) is 0 Å². The molecule has 0 aliphatic carbocycles. The number of hydrogen-bond acceptors (Lipinski definition) is 6. The normalized spacial score (nSPS) is 17.1. The Hall–Kier alpha value is -2.48. The van der Waals surface area contributed by atoms with Crippen LogP contribution in [0.3, 0.4) is 0 Å². The van der Waals surface area contributed by atoms with Gasteiger partial charge in [0.2, 0.25) is 0 Å². The molecule has 1 unspecified atom stereocenters. The van der Waals surface area contributed by atoms with Crippen molar-refractivity contribution in [2.24, 2.45) is 0 Å². The predicted octanol–water partition coefficient (Wildman–Crippen LogP) is 2.99. The highest BCUT2D eigenvalue weighted by Gasteiger charge is 2.28. The first-order chi connectivity index (χ1) is 11.4. The van der Waals surface area contributed by atoms with Gasteiger partial charge in [-0.2, -0.15) is 0 Å². The Bertz CT molecular complexity index is 772. The summed E-state index contributed by atoms with van der Waals surface area (Å²) in [6, 6.07) is 5.06. The van der Waals surface area contributed by atoms with Gasteiger partial charge in [0.1, 0.15) is 12.0 Å². The number of nitro groups is 1. The van der Waals surface area contributed by atoms with E-state index < -0.39 is 4.92 Å². The molecule has 1 aliphatic rings. The highest BCUT2D eigenvalue weighted by Crippen LogP contribution is 2.24. The molecule has 7 nitrogen and oxygen atoms in total. The minimum atomic E-state index is -0.474. The van der Waals surface area contributed by atoms with Crippen molar-refractivity contribution in [3.63, 3.8) is 0 Å². The first kappa shape index (κ1) is 16.4. The van der Waals surface area contributed by atoms with Crippen LogP contribution in [0.25, 0.3) is 0 Å². The molecule has 1 fully saturated rings. The molecular weight excluding hydrogens is 328 g/mol. The molecule has 3 rings (SSSR count). The van der Waals surface area contributed by atoms with Crippen LogP contribution in [0.4, 0.5) is 11.5 Å². The maximum Gasteiger partial charge on any atom is 0.287 e. The van der Waals surface area contributed by atoms with E-state index in [2.05, 4.69) is 10.3 Å². The molecule has 8 heteroatoms. The van der Waals surface area contributed by atoms with E-state index in [9.17, 15) is 14.9 Å². The number of hydrogen-bond donors (Lipinski definition) is 1. The Kier molecular flexibility index (Phi) is 4.48. The van der Waals surface area contributed by atoms with Crippen molar-refractivity contribution >= 4 is 28.7 Å². The van der Waals surface area contributed by atoms with Crippen LogP contribution in [0.15, 0.2) is 24.4 Å². The van der Waals surface area contributed by atoms with Gasteiger partial charge in [-0.15, -0.1) is 11.3 Å². The van der Waals surface area contributed by atoms with Gasteiger partial charge in [0.15, 0.2) is 0 Å². The minimum absolute atomic E-state index is 0.0351. The zero-order valence-electron chi connectivity index (χ0n) is 13.5. The second kappa shape index (κ2) is 6.56. The Balaban J connectivity index is 1.62. The number of likely N-dealkylation sites (tertiary alicyclic amines) is 1. The lowest BCUT2D eigenvalue weighted by Crippen LogP contribution is -2.31. The summed E-state index contributed by atoms with van der Waals surface area (Å²) in [4.78, 5) is 30.9. The molecule has 1 aliphatic heterocycles. The molecule has 0 bridgehead atoms. The second-order valence-electron chi connectivity index (χ2n) is 5.87. The largest absolute Gasteiger partial charge is 0.365 e. The number of carbonyl (C=O) groups is 1. The molecule has 1 saturated heterocycles. The summed E-state index contributed by atoms with van der Waals surface area (Å²) >= 11 is 1.64. The molecule has 2 aromatic heterocycles. The second-order valence-corrected chi connectivity index (χ2v) is 7.33. The summed E-state index contributed by atoms with van der Waals surface area (Å²) in [6.45, 7) is 5.27. The minimum Gasteiger partial charge on any atom is -0.365 e. The molecule has 0 saturated carbocycles. The first-order valence-electron chi connectivity index (χ1n) is 7.67. The van der Waals surface area contributed by atoms with Crippen LogP contribution in [-0.2, 0) is 0 Å². The fourth-order valence-corrected chi connectivity index (χ4v) is 3.78. The van der Waals surface area contributed by atoms with Crippen molar-refractivity contribution in [1.82, 2.24) is 9.88 Å². The number of amides is 1. The van der Waals surface area contributed by atoms with Gasteiger partial charge in [0.25, 0.3) is 11.6 Å². The fourth-order valence-electron chi connectivity index (χ4n) is 2.86. The molecule has 0 aromatic carbocycles. The molecule has 1 N–H and O–H groups in total. The Morgan fingerprint density at radius 1 is 1.46 bits per heavy atom. The number of anilines is 1. The van der Waals surface area contributed by atoms with Crippen LogP contribution in [0.5, 0.6) is 0 Å². The van der Waals surface area contributed by atoms with Crippen LogP contribution in [-0.4, -0.2) is 39.8 Å². The molecule has 1 atom stereocenters. The third-order valence-electron chi connectivity index (χ3n) is 4.06. The van der Waals surface area contributed by atoms with Gasteiger partial charge in [-0.05, 0) is 32.4 Å². The first-order valence-corrected chi connectivity index (χ1v) is 8.49. The number of carbonyl (C=O) groups excluding carboxylic acids is 1. The van der Waals surface area contributed by atoms with Crippen LogP contribution in [0.1, 0.15) is 26.5 Å². The van der Waals surface area contributed by atoms with E-state index in [1.165, 1.54) is 12.3 Å². The van der Waals surface area contributed by atoms with Gasteiger partial charge in [-0.25, -0.2) is 4.98 Å². The third-order valence-corrected chi connectivity index (χ3v) is 5.02. The van der Waals surface area contributed by atoms with Crippen LogP contribution in [0.2, 0.25) is 0 Å². The lowest BCUT2D eigenvalue weighted by atomic mass is 10.2. The molecule has 0 radical (unpaired) electrons. The number of rotatable bonds is 4. The average molecular weight is 346 g/mol. The summed E-state index contributed by atoms with van der Waals surface area (Å²) in [5, 5.41) is 13.9. The zero-order valence-corrected chi connectivity index (χ0v) is 14.3. The highest BCUT2D eigenvalue weighted by atomic mass is 32.1. The van der Waals surface area contributed by atoms with Crippen LogP contribution >= 0.6 is 11.3 Å². The van der Waals surface area contributed by atoms with Gasteiger partial charge in [-0.3, -0.25) is 14.9 Å². The van der Waals surface area contributed by atoms with E-state index in [4.69, 9.17) is 0 Å². The van der Waals surface area contributed by atoms with Crippen molar-refractivity contribution in [3.8, 4) is 0 Å². The highest BCUT2D eigenvalue weighted by molar-refractivity contribution is 7.12. The zero-order chi connectivity index (χ0) is 17.3. The van der Waals surface area contributed by atoms with Crippen molar-refractivity contribution in [2.45, 2.75) is 26.3 Å². The van der Waals surface area contributed by atoms with Crippen LogP contribution < -0.4 is 5.32 Å². The lowest BCUT2D eigenvalue weighted by Gasteiger charge is -2.17. The molecule has 0 spiro atoms. The molecule has 24 heavy (non-hydrogen) atoms. The number of nitrogens with one attached hydrogen (secondary N) is 1. The van der Waals surface area contributed by atoms with Gasteiger partial charge in [0.05, 0.1) is 10.5 Å². The summed E-state index contributed by atoms with van der Waals surface area (Å²) in [7, 11) is 0. The van der Waals surface area contributed by atoms with E-state index in [0.29, 0.717) is 18.9 Å². The third kappa shape index (κ3) is 3.38. The molecule has 126 valence electrons. The summed E-state index contributed by atoms with van der Waals surface area (Å²) in [5.74, 6) is 0.653. The maximum atomic E-state index is 12.6. The number of aromatic nitrogens is 1. The number of thiophene rings is 1. The lowest BCUT2D eigenvalue weighted by molar-refractivity contribution is -0.385. The van der Waals surface area contributed by atoms with Crippen LogP contribution in [0, 0.1) is 24.0 Å². The molecule has 1 amide bonds. The number of nitrogens with zero attached hydrogens (tertiary/aromatic N) is 3. The summed E-state index contributed by atoms with van der Waals surface area (Å²) in [5.41, 5.74) is 0.749. The quantitative estimate of drug-likeness (QED) is 0.679. The van der Waals surface area contributed by atoms with E-state index >= 15 is 0 Å². The van der Waals surface area contributed by atoms with E-state index in [1.54, 1.807) is 17.4 Å². The molecule has 2 aromatic rings. The summed E-state index contributed by atoms with van der Waals surface area (Å²) in [6.07, 6.45) is 2.06. The van der Waals surface area contributed by atoms with Crippen molar-refractivity contribution in [1.29, 1.82) is 0 Å². The Labute approximate surface area is 143 Å². The van der Waals surface area contributed by atoms with Gasteiger partial charge in [0, 0.05) is 35.0 Å². The Morgan fingerprint density at radius 3 is 2.83 bits per heavy atom. The standard InChI is InChI=1S/C16H18N4O3S/c1-10-7-14(11(2)24-10)16(21)19-6-5-12(9-19)18-15-4-3-13(8-17-15)20(22)23/h3-4,7-8,12H,5-6,9H2,1-2H3,(H,17,18). The van der Waals surface area contributed by atoms with E-state index in [0.717, 1.165) is 21.7 Å². The van der Waals surface area contributed by atoms with E-state index in [1.807, 2.05) is 24.8 Å². The van der Waals surface area contributed by atoms with Crippen molar-refractivity contribution in [3.05, 3.63) is 49.8 Å². The van der Waals surface area contributed by atoms with Crippen molar-refractivity contribution < 1.29 is 9.72 Å². The smallest absolute Gasteiger partial charge is 0.287 e. The summed E-state index contributed by atoms with van der Waals surface area (Å²) < 4.78 is 0. The molecular formula is C16H18N4O3S. The number of pyridine rings is 1. The maximum absolute atomic E-state index is 12.6. The fraction of sp³-hybridized carbons (Fsp3) is 0.375.